The number of aromatic nitrogens is 2. The quantitative estimate of drug-likeness (QED) is 0.806. The van der Waals surface area contributed by atoms with Crippen molar-refractivity contribution in [3.8, 4) is 0 Å². The van der Waals surface area contributed by atoms with E-state index in [2.05, 4.69) is 33.6 Å². The van der Waals surface area contributed by atoms with Crippen LogP contribution in [0.25, 0.3) is 10.9 Å². The Morgan fingerprint density at radius 3 is 2.75 bits per heavy atom. The molecule has 0 radical (unpaired) electrons. The first kappa shape index (κ1) is 13.2. The standard InChI is InChI=1S/C16H22N4/c1-2-10-18-16-19-14-6-4-3-5-13(14)15(20-16)17-11-9-12-7-8-12/h3-6,12H,2,7-11H2,1H3,(H2,17,18,19,20). The molecule has 0 saturated heterocycles. The van der Waals surface area contributed by atoms with Crippen molar-refractivity contribution >= 4 is 22.7 Å². The molecule has 1 fully saturated rings. The van der Waals surface area contributed by atoms with Gasteiger partial charge in [-0.2, -0.15) is 4.98 Å². The molecule has 1 aliphatic carbocycles. The summed E-state index contributed by atoms with van der Waals surface area (Å²) in [6.07, 6.45) is 5.11. The number of rotatable bonds is 7. The maximum absolute atomic E-state index is 4.62. The van der Waals surface area contributed by atoms with Crippen molar-refractivity contribution in [3.05, 3.63) is 24.3 Å². The second-order valence-corrected chi connectivity index (χ2v) is 5.50. The minimum atomic E-state index is 0.722. The Labute approximate surface area is 120 Å². The lowest BCUT2D eigenvalue weighted by atomic mass is 10.2. The Morgan fingerprint density at radius 1 is 1.10 bits per heavy atom. The fourth-order valence-corrected chi connectivity index (χ4v) is 2.33. The highest BCUT2D eigenvalue weighted by atomic mass is 15.1. The van der Waals surface area contributed by atoms with Gasteiger partial charge >= 0.3 is 0 Å². The smallest absolute Gasteiger partial charge is 0.225 e. The van der Waals surface area contributed by atoms with E-state index in [1.807, 2.05) is 18.2 Å². The molecule has 1 aliphatic rings. The largest absolute Gasteiger partial charge is 0.369 e. The fraction of sp³-hybridized carbons (Fsp3) is 0.500. The van der Waals surface area contributed by atoms with Crippen molar-refractivity contribution in [1.82, 2.24) is 9.97 Å². The van der Waals surface area contributed by atoms with Crippen LogP contribution in [0.15, 0.2) is 24.3 Å². The molecule has 3 rings (SSSR count). The zero-order chi connectivity index (χ0) is 13.8. The second-order valence-electron chi connectivity index (χ2n) is 5.50. The van der Waals surface area contributed by atoms with Gasteiger partial charge in [0.15, 0.2) is 0 Å². The molecule has 4 nitrogen and oxygen atoms in total. The lowest BCUT2D eigenvalue weighted by Gasteiger charge is -2.11. The second kappa shape index (κ2) is 6.07. The summed E-state index contributed by atoms with van der Waals surface area (Å²) < 4.78 is 0. The van der Waals surface area contributed by atoms with Gasteiger partial charge in [-0.1, -0.05) is 31.9 Å². The Kier molecular flexibility index (Phi) is 4.00. The molecule has 0 atom stereocenters. The minimum Gasteiger partial charge on any atom is -0.369 e. The van der Waals surface area contributed by atoms with E-state index >= 15 is 0 Å². The third-order valence-corrected chi connectivity index (χ3v) is 3.68. The molecule has 0 amide bonds. The molecule has 0 unspecified atom stereocenters. The van der Waals surface area contributed by atoms with Crippen LogP contribution in [0.2, 0.25) is 0 Å². The Balaban J connectivity index is 1.81. The Bertz CT molecular complexity index is 578. The van der Waals surface area contributed by atoms with Gasteiger partial charge in [0.25, 0.3) is 0 Å². The summed E-state index contributed by atoms with van der Waals surface area (Å²) in [5.74, 6) is 2.61. The molecule has 1 aromatic carbocycles. The number of benzene rings is 1. The summed E-state index contributed by atoms with van der Waals surface area (Å²) in [4.78, 5) is 9.19. The highest BCUT2D eigenvalue weighted by molar-refractivity contribution is 5.89. The van der Waals surface area contributed by atoms with E-state index in [-0.39, 0.29) is 0 Å². The lowest BCUT2D eigenvalue weighted by Crippen LogP contribution is -2.09. The Hall–Kier alpha value is -1.84. The van der Waals surface area contributed by atoms with Crippen molar-refractivity contribution in [1.29, 1.82) is 0 Å². The summed E-state index contributed by atoms with van der Waals surface area (Å²) in [5, 5.41) is 7.86. The van der Waals surface area contributed by atoms with Crippen molar-refractivity contribution in [2.45, 2.75) is 32.6 Å². The molecule has 4 heteroatoms. The highest BCUT2D eigenvalue weighted by Crippen LogP contribution is 2.32. The average molecular weight is 270 g/mol. The molecular weight excluding hydrogens is 248 g/mol. The van der Waals surface area contributed by atoms with Gasteiger partial charge in [0, 0.05) is 18.5 Å². The van der Waals surface area contributed by atoms with Crippen molar-refractivity contribution in [2.75, 3.05) is 23.7 Å². The molecule has 1 aromatic heterocycles. The lowest BCUT2D eigenvalue weighted by molar-refractivity contribution is 0.759. The van der Waals surface area contributed by atoms with Gasteiger partial charge in [-0.3, -0.25) is 0 Å². The van der Waals surface area contributed by atoms with E-state index in [0.717, 1.165) is 48.1 Å². The van der Waals surface area contributed by atoms with Gasteiger partial charge in [0.2, 0.25) is 5.95 Å². The topological polar surface area (TPSA) is 49.8 Å². The molecule has 0 spiro atoms. The van der Waals surface area contributed by atoms with E-state index in [9.17, 15) is 0 Å². The summed E-state index contributed by atoms with van der Waals surface area (Å²) in [6, 6.07) is 8.18. The molecule has 1 saturated carbocycles. The zero-order valence-corrected chi connectivity index (χ0v) is 12.0. The first-order chi connectivity index (χ1) is 9.86. The van der Waals surface area contributed by atoms with E-state index < -0.39 is 0 Å². The number of nitrogens with zero attached hydrogens (tertiary/aromatic N) is 2. The van der Waals surface area contributed by atoms with Gasteiger partial charge < -0.3 is 10.6 Å². The predicted molar refractivity (Wildman–Crippen MR) is 84.1 cm³/mol. The van der Waals surface area contributed by atoms with Crippen LogP contribution in [-0.2, 0) is 0 Å². The molecule has 0 bridgehead atoms. The van der Waals surface area contributed by atoms with Gasteiger partial charge in [-0.05, 0) is 30.9 Å². The van der Waals surface area contributed by atoms with E-state index in [1.165, 1.54) is 19.3 Å². The molecule has 1 heterocycles. The number of nitrogens with one attached hydrogen (secondary N) is 2. The number of hydrogen-bond donors (Lipinski definition) is 2. The van der Waals surface area contributed by atoms with Crippen molar-refractivity contribution in [3.63, 3.8) is 0 Å². The maximum Gasteiger partial charge on any atom is 0.225 e. The summed E-state index contributed by atoms with van der Waals surface area (Å²) in [6.45, 7) is 4.04. The number of anilines is 2. The third kappa shape index (κ3) is 3.18. The van der Waals surface area contributed by atoms with Crippen LogP contribution in [0.1, 0.15) is 32.6 Å². The monoisotopic (exact) mass is 270 g/mol. The number of fused-ring (bicyclic) bond motifs is 1. The van der Waals surface area contributed by atoms with Gasteiger partial charge in [-0.15, -0.1) is 0 Å². The fourth-order valence-electron chi connectivity index (χ4n) is 2.33. The van der Waals surface area contributed by atoms with Gasteiger partial charge in [0.1, 0.15) is 5.82 Å². The highest BCUT2D eigenvalue weighted by Gasteiger charge is 2.20. The van der Waals surface area contributed by atoms with Crippen LogP contribution in [0.5, 0.6) is 0 Å². The first-order valence-corrected chi connectivity index (χ1v) is 7.61. The van der Waals surface area contributed by atoms with Gasteiger partial charge in [-0.25, -0.2) is 4.98 Å². The van der Waals surface area contributed by atoms with Crippen LogP contribution in [0, 0.1) is 5.92 Å². The van der Waals surface area contributed by atoms with E-state index in [4.69, 9.17) is 0 Å². The minimum absolute atomic E-state index is 0.722. The third-order valence-electron chi connectivity index (χ3n) is 3.68. The van der Waals surface area contributed by atoms with Gasteiger partial charge in [0.05, 0.1) is 5.52 Å². The SMILES string of the molecule is CCCNc1nc(NCCC2CC2)c2ccccc2n1. The zero-order valence-electron chi connectivity index (χ0n) is 12.0. The normalized spacial score (nSPS) is 14.4. The van der Waals surface area contributed by atoms with Crippen LogP contribution in [0.4, 0.5) is 11.8 Å². The summed E-state index contributed by atoms with van der Waals surface area (Å²) in [5.41, 5.74) is 0.995. The molecule has 2 aromatic rings. The molecule has 2 N–H and O–H groups in total. The van der Waals surface area contributed by atoms with Crippen LogP contribution in [0.3, 0.4) is 0 Å². The number of para-hydroxylation sites is 1. The van der Waals surface area contributed by atoms with E-state index in [1.54, 1.807) is 0 Å². The molecule has 106 valence electrons. The Morgan fingerprint density at radius 2 is 1.95 bits per heavy atom. The maximum atomic E-state index is 4.62. The number of hydrogen-bond acceptors (Lipinski definition) is 4. The van der Waals surface area contributed by atoms with E-state index in [0.29, 0.717) is 0 Å². The van der Waals surface area contributed by atoms with Crippen LogP contribution >= 0.6 is 0 Å². The summed E-state index contributed by atoms with van der Waals surface area (Å²) in [7, 11) is 0. The molecule has 0 aliphatic heterocycles. The molecule has 20 heavy (non-hydrogen) atoms. The van der Waals surface area contributed by atoms with Crippen molar-refractivity contribution < 1.29 is 0 Å². The first-order valence-electron chi connectivity index (χ1n) is 7.61. The van der Waals surface area contributed by atoms with Crippen molar-refractivity contribution in [2.24, 2.45) is 5.92 Å². The predicted octanol–water partition coefficient (Wildman–Crippen LogP) is 3.66. The summed E-state index contributed by atoms with van der Waals surface area (Å²) >= 11 is 0. The average Bonchev–Trinajstić information content (AvgIpc) is 3.29. The molecular formula is C16H22N4. The van der Waals surface area contributed by atoms with Crippen LogP contribution < -0.4 is 10.6 Å². The van der Waals surface area contributed by atoms with Crippen LogP contribution in [-0.4, -0.2) is 23.1 Å².